The van der Waals surface area contributed by atoms with Gasteiger partial charge in [-0.2, -0.15) is 0 Å². The topological polar surface area (TPSA) is 61.4 Å². The maximum atomic E-state index is 12.5. The molecule has 130 valence electrons. The second-order valence-electron chi connectivity index (χ2n) is 6.34. The van der Waals surface area contributed by atoms with Gasteiger partial charge in [-0.05, 0) is 43.7 Å². The van der Waals surface area contributed by atoms with Gasteiger partial charge >= 0.3 is 0 Å². The van der Waals surface area contributed by atoms with Crippen LogP contribution in [0.2, 0.25) is 0 Å². The summed E-state index contributed by atoms with van der Waals surface area (Å²) in [6.07, 6.45) is 1.78. The Morgan fingerprint density at radius 1 is 0.920 bits per heavy atom. The minimum atomic E-state index is -0.0847. The van der Waals surface area contributed by atoms with Gasteiger partial charge in [0.15, 0.2) is 0 Å². The quantitative estimate of drug-likeness (QED) is 0.882. The number of anilines is 2. The molecular weight excluding hydrogens is 314 g/mol. The number of amides is 2. The van der Waals surface area contributed by atoms with Gasteiger partial charge in [-0.3, -0.25) is 14.5 Å². The first kappa shape index (κ1) is 17.2. The van der Waals surface area contributed by atoms with Gasteiger partial charge in [-0.25, -0.2) is 0 Å². The van der Waals surface area contributed by atoms with E-state index in [4.69, 9.17) is 0 Å². The van der Waals surface area contributed by atoms with E-state index in [9.17, 15) is 9.59 Å². The molecule has 0 aliphatic carbocycles. The van der Waals surface area contributed by atoms with Crippen molar-refractivity contribution >= 4 is 23.2 Å². The summed E-state index contributed by atoms with van der Waals surface area (Å²) in [5.41, 5.74) is 1.61. The Kier molecular flexibility index (Phi) is 5.80. The van der Waals surface area contributed by atoms with Gasteiger partial charge in [-0.1, -0.05) is 36.4 Å². The number of likely N-dealkylation sites (tertiary alicyclic amines) is 1. The molecule has 1 atom stereocenters. The predicted molar refractivity (Wildman–Crippen MR) is 99.3 cm³/mol. The summed E-state index contributed by atoms with van der Waals surface area (Å²) in [5, 5.41) is 5.85. The van der Waals surface area contributed by atoms with Gasteiger partial charge in [0.25, 0.3) is 0 Å². The lowest BCUT2D eigenvalue weighted by Gasteiger charge is -2.31. The van der Waals surface area contributed by atoms with Crippen molar-refractivity contribution in [3.63, 3.8) is 0 Å². The van der Waals surface area contributed by atoms with Crippen LogP contribution < -0.4 is 10.6 Å². The number of benzene rings is 2. The number of hydrogen-bond donors (Lipinski definition) is 2. The largest absolute Gasteiger partial charge is 0.326 e. The fourth-order valence-corrected chi connectivity index (χ4v) is 3.10. The van der Waals surface area contributed by atoms with Crippen LogP contribution in [0.4, 0.5) is 11.4 Å². The number of carbonyl (C=O) groups is 2. The highest BCUT2D eigenvalue weighted by Gasteiger charge is 2.26. The maximum absolute atomic E-state index is 12.5. The monoisotopic (exact) mass is 337 g/mol. The first-order valence-electron chi connectivity index (χ1n) is 8.64. The summed E-state index contributed by atoms with van der Waals surface area (Å²) in [7, 11) is 0. The molecular formula is C20H23N3O2. The van der Waals surface area contributed by atoms with E-state index >= 15 is 0 Å². The highest BCUT2D eigenvalue weighted by atomic mass is 16.2. The first-order chi connectivity index (χ1) is 12.2. The van der Waals surface area contributed by atoms with E-state index in [1.54, 1.807) is 0 Å². The van der Waals surface area contributed by atoms with Crippen molar-refractivity contribution in [3.8, 4) is 0 Å². The number of nitrogens with zero attached hydrogens (tertiary/aromatic N) is 1. The molecule has 0 saturated carbocycles. The summed E-state index contributed by atoms with van der Waals surface area (Å²) in [5.74, 6) is -0.104. The van der Waals surface area contributed by atoms with E-state index in [1.807, 2.05) is 60.7 Å². The van der Waals surface area contributed by atoms with Gasteiger partial charge in [-0.15, -0.1) is 0 Å². The van der Waals surface area contributed by atoms with Crippen LogP contribution in [0.25, 0.3) is 0 Å². The third-order valence-electron chi connectivity index (χ3n) is 4.34. The third kappa shape index (κ3) is 5.16. The van der Waals surface area contributed by atoms with E-state index in [1.165, 1.54) is 0 Å². The molecule has 0 spiro atoms. The fraction of sp³-hybridized carbons (Fsp3) is 0.300. The Morgan fingerprint density at radius 2 is 1.52 bits per heavy atom. The molecule has 1 heterocycles. The van der Waals surface area contributed by atoms with Gasteiger partial charge < -0.3 is 10.6 Å². The van der Waals surface area contributed by atoms with Gasteiger partial charge in [0.2, 0.25) is 11.8 Å². The molecule has 2 aromatic rings. The van der Waals surface area contributed by atoms with Crippen molar-refractivity contribution in [1.82, 2.24) is 4.90 Å². The fourth-order valence-electron chi connectivity index (χ4n) is 3.10. The van der Waals surface area contributed by atoms with E-state index in [2.05, 4.69) is 15.5 Å². The van der Waals surface area contributed by atoms with Gasteiger partial charge in [0, 0.05) is 17.9 Å². The van der Waals surface area contributed by atoms with Crippen LogP contribution >= 0.6 is 0 Å². The molecule has 1 saturated heterocycles. The molecule has 5 nitrogen and oxygen atoms in total. The summed E-state index contributed by atoms with van der Waals surface area (Å²) in [6.45, 7) is 1.77. The van der Waals surface area contributed by atoms with Crippen LogP contribution in [0.15, 0.2) is 60.7 Å². The Hall–Kier alpha value is -2.66. The zero-order valence-electron chi connectivity index (χ0n) is 14.2. The summed E-state index contributed by atoms with van der Waals surface area (Å²) in [4.78, 5) is 26.7. The molecule has 1 aliphatic heterocycles. The molecule has 1 aliphatic rings. The molecule has 2 N–H and O–H groups in total. The van der Waals surface area contributed by atoms with Crippen molar-refractivity contribution in [2.75, 3.05) is 30.3 Å². The van der Waals surface area contributed by atoms with Crippen molar-refractivity contribution in [2.45, 2.75) is 12.8 Å². The van der Waals surface area contributed by atoms with Crippen LogP contribution in [0.5, 0.6) is 0 Å². The van der Waals surface area contributed by atoms with Crippen molar-refractivity contribution in [2.24, 2.45) is 5.92 Å². The van der Waals surface area contributed by atoms with E-state index in [-0.39, 0.29) is 17.7 Å². The molecule has 0 radical (unpaired) electrons. The molecule has 2 amide bonds. The summed E-state index contributed by atoms with van der Waals surface area (Å²) in [6, 6.07) is 18.9. The highest BCUT2D eigenvalue weighted by Crippen LogP contribution is 2.19. The van der Waals surface area contributed by atoms with E-state index in [0.29, 0.717) is 13.1 Å². The zero-order valence-corrected chi connectivity index (χ0v) is 14.2. The molecule has 0 unspecified atom stereocenters. The number of para-hydroxylation sites is 2. The number of hydrogen-bond acceptors (Lipinski definition) is 3. The van der Waals surface area contributed by atoms with Crippen LogP contribution in [0.1, 0.15) is 12.8 Å². The lowest BCUT2D eigenvalue weighted by Crippen LogP contribution is -2.43. The molecule has 0 bridgehead atoms. The van der Waals surface area contributed by atoms with Gasteiger partial charge in [0.05, 0.1) is 12.5 Å². The number of piperidine rings is 1. The Morgan fingerprint density at radius 3 is 2.16 bits per heavy atom. The van der Waals surface area contributed by atoms with E-state index < -0.39 is 0 Å². The molecule has 25 heavy (non-hydrogen) atoms. The third-order valence-corrected chi connectivity index (χ3v) is 4.34. The highest BCUT2D eigenvalue weighted by molar-refractivity contribution is 5.93. The zero-order chi connectivity index (χ0) is 17.5. The Labute approximate surface area is 148 Å². The lowest BCUT2D eigenvalue weighted by molar-refractivity contribution is -0.123. The summed E-state index contributed by atoms with van der Waals surface area (Å²) >= 11 is 0. The lowest BCUT2D eigenvalue weighted by atomic mass is 9.97. The minimum Gasteiger partial charge on any atom is -0.326 e. The second kappa shape index (κ2) is 8.44. The Balaban J connectivity index is 1.50. The first-order valence-corrected chi connectivity index (χ1v) is 8.64. The standard InChI is InChI=1S/C20H23N3O2/c24-19(21-17-9-3-1-4-10-17)15-23-13-7-8-16(14-23)20(25)22-18-11-5-2-6-12-18/h1-6,9-12,16H,7-8,13-15H2,(H,21,24)(H,22,25)/t16-/m1/s1. The van der Waals surface area contributed by atoms with Crippen LogP contribution in [-0.4, -0.2) is 36.3 Å². The average Bonchev–Trinajstić information content (AvgIpc) is 2.63. The maximum Gasteiger partial charge on any atom is 0.238 e. The van der Waals surface area contributed by atoms with Crippen molar-refractivity contribution in [3.05, 3.63) is 60.7 Å². The van der Waals surface area contributed by atoms with Crippen LogP contribution in [-0.2, 0) is 9.59 Å². The van der Waals surface area contributed by atoms with Crippen LogP contribution in [0, 0.1) is 5.92 Å². The van der Waals surface area contributed by atoms with Crippen molar-refractivity contribution < 1.29 is 9.59 Å². The predicted octanol–water partition coefficient (Wildman–Crippen LogP) is 2.98. The number of rotatable bonds is 5. The number of carbonyl (C=O) groups excluding carboxylic acids is 2. The van der Waals surface area contributed by atoms with Crippen LogP contribution in [0.3, 0.4) is 0 Å². The molecule has 1 fully saturated rings. The average molecular weight is 337 g/mol. The Bertz CT molecular complexity index is 703. The normalized spacial score (nSPS) is 17.7. The van der Waals surface area contributed by atoms with Crippen molar-refractivity contribution in [1.29, 1.82) is 0 Å². The molecule has 5 heteroatoms. The van der Waals surface area contributed by atoms with E-state index in [0.717, 1.165) is 30.8 Å². The second-order valence-corrected chi connectivity index (χ2v) is 6.34. The number of nitrogens with one attached hydrogen (secondary N) is 2. The minimum absolute atomic E-state index is 0.0272. The van der Waals surface area contributed by atoms with Gasteiger partial charge in [0.1, 0.15) is 0 Å². The molecule has 3 rings (SSSR count). The molecule has 2 aromatic carbocycles. The molecule has 0 aromatic heterocycles. The SMILES string of the molecule is O=C(CN1CCC[C@@H](C(=O)Nc2ccccc2)C1)Nc1ccccc1. The smallest absolute Gasteiger partial charge is 0.238 e. The summed E-state index contributed by atoms with van der Waals surface area (Å²) < 4.78 is 0.